The Balaban J connectivity index is 1.63. The van der Waals surface area contributed by atoms with Crippen LogP contribution < -0.4 is 25.1 Å². The molecule has 29 heavy (non-hydrogen) atoms. The number of amides is 2. The second-order valence-corrected chi connectivity index (χ2v) is 5.92. The number of hydrogen-bond donors (Lipinski definition) is 2. The van der Waals surface area contributed by atoms with Crippen LogP contribution in [0.2, 0.25) is 0 Å². The van der Waals surface area contributed by atoms with Crippen molar-refractivity contribution < 1.29 is 23.8 Å². The van der Waals surface area contributed by atoms with Crippen LogP contribution in [0.5, 0.6) is 23.0 Å². The van der Waals surface area contributed by atoms with Crippen LogP contribution in [0.4, 0.5) is 0 Å². The van der Waals surface area contributed by atoms with E-state index in [-0.39, 0.29) is 0 Å². The van der Waals surface area contributed by atoms with Crippen molar-refractivity contribution in [1.82, 2.24) is 10.9 Å². The molecule has 7 nitrogen and oxygen atoms in total. The van der Waals surface area contributed by atoms with Gasteiger partial charge in [-0.1, -0.05) is 24.3 Å². The Morgan fingerprint density at radius 3 is 1.93 bits per heavy atom. The minimum absolute atomic E-state index is 0.309. The SMILES string of the molecule is COc1ccc(C(=O)NNC(=O)c2cccc(Oc3ccccc3)c2)cc1OC. The predicted molar refractivity (Wildman–Crippen MR) is 107 cm³/mol. The Morgan fingerprint density at radius 2 is 1.28 bits per heavy atom. The third-order valence-electron chi connectivity index (χ3n) is 4.01. The molecule has 3 aromatic rings. The Kier molecular flexibility index (Phi) is 6.32. The highest BCUT2D eigenvalue weighted by Gasteiger charge is 2.13. The molecule has 0 radical (unpaired) electrons. The van der Waals surface area contributed by atoms with Gasteiger partial charge in [-0.25, -0.2) is 0 Å². The highest BCUT2D eigenvalue weighted by atomic mass is 16.5. The first-order chi connectivity index (χ1) is 14.1. The van der Waals surface area contributed by atoms with E-state index in [1.54, 1.807) is 36.4 Å². The zero-order valence-electron chi connectivity index (χ0n) is 16.0. The maximum absolute atomic E-state index is 12.4. The largest absolute Gasteiger partial charge is 0.493 e. The van der Waals surface area contributed by atoms with E-state index >= 15 is 0 Å². The standard InChI is InChI=1S/C22H20N2O5/c1-27-19-12-11-16(14-20(19)28-2)22(26)24-23-21(25)15-7-6-10-18(13-15)29-17-8-4-3-5-9-17/h3-14H,1-2H3,(H,23,25)(H,24,26). The van der Waals surface area contributed by atoms with Crippen LogP contribution >= 0.6 is 0 Å². The van der Waals surface area contributed by atoms with Gasteiger partial charge >= 0.3 is 0 Å². The van der Waals surface area contributed by atoms with Gasteiger partial charge in [-0.2, -0.15) is 0 Å². The second kappa shape index (κ2) is 9.27. The summed E-state index contributed by atoms with van der Waals surface area (Å²) in [6.07, 6.45) is 0. The van der Waals surface area contributed by atoms with Gasteiger partial charge in [0.15, 0.2) is 11.5 Å². The summed E-state index contributed by atoms with van der Waals surface area (Å²) < 4.78 is 16.0. The van der Waals surface area contributed by atoms with Crippen molar-refractivity contribution in [3.05, 3.63) is 83.9 Å². The molecule has 0 unspecified atom stereocenters. The molecule has 0 fully saturated rings. The molecule has 0 aliphatic carbocycles. The molecule has 7 heteroatoms. The van der Waals surface area contributed by atoms with Gasteiger partial charge in [0.05, 0.1) is 14.2 Å². The number of methoxy groups -OCH3 is 2. The number of benzene rings is 3. The highest BCUT2D eigenvalue weighted by Crippen LogP contribution is 2.27. The van der Waals surface area contributed by atoms with Crippen molar-refractivity contribution in [2.45, 2.75) is 0 Å². The molecular weight excluding hydrogens is 372 g/mol. The highest BCUT2D eigenvalue weighted by molar-refractivity contribution is 5.99. The average Bonchev–Trinajstić information content (AvgIpc) is 2.77. The predicted octanol–water partition coefficient (Wildman–Crippen LogP) is 3.57. The Labute approximate surface area is 168 Å². The minimum atomic E-state index is -0.490. The molecule has 0 aliphatic heterocycles. The van der Waals surface area contributed by atoms with Crippen LogP contribution in [0.3, 0.4) is 0 Å². The number of carbonyl (C=O) groups excluding carboxylic acids is 2. The lowest BCUT2D eigenvalue weighted by Gasteiger charge is -2.11. The fourth-order valence-electron chi connectivity index (χ4n) is 2.56. The molecule has 0 spiro atoms. The number of nitrogens with one attached hydrogen (secondary N) is 2. The van der Waals surface area contributed by atoms with E-state index in [1.807, 2.05) is 30.3 Å². The van der Waals surface area contributed by atoms with Gasteiger partial charge in [0.25, 0.3) is 11.8 Å². The van der Waals surface area contributed by atoms with E-state index in [0.29, 0.717) is 34.1 Å². The lowest BCUT2D eigenvalue weighted by atomic mass is 10.2. The smallest absolute Gasteiger partial charge is 0.269 e. The monoisotopic (exact) mass is 392 g/mol. The van der Waals surface area contributed by atoms with Gasteiger partial charge < -0.3 is 14.2 Å². The lowest BCUT2D eigenvalue weighted by Crippen LogP contribution is -2.41. The van der Waals surface area contributed by atoms with Crippen LogP contribution in [0.1, 0.15) is 20.7 Å². The molecule has 0 saturated carbocycles. The summed E-state index contributed by atoms with van der Waals surface area (Å²) in [6, 6.07) is 20.6. The molecule has 0 heterocycles. The summed E-state index contributed by atoms with van der Waals surface area (Å²) in [6.45, 7) is 0. The summed E-state index contributed by atoms with van der Waals surface area (Å²) in [5, 5.41) is 0. The topological polar surface area (TPSA) is 85.9 Å². The van der Waals surface area contributed by atoms with E-state index in [2.05, 4.69) is 10.9 Å². The van der Waals surface area contributed by atoms with E-state index in [9.17, 15) is 9.59 Å². The first-order valence-corrected chi connectivity index (χ1v) is 8.76. The average molecular weight is 392 g/mol. The van der Waals surface area contributed by atoms with Crippen LogP contribution in [0.25, 0.3) is 0 Å². The number of carbonyl (C=O) groups is 2. The summed E-state index contributed by atoms with van der Waals surface area (Å²) in [5.74, 6) is 1.12. The molecule has 2 N–H and O–H groups in total. The van der Waals surface area contributed by atoms with Gasteiger partial charge in [-0.15, -0.1) is 0 Å². The lowest BCUT2D eigenvalue weighted by molar-refractivity contribution is 0.0846. The molecular formula is C22H20N2O5. The summed E-state index contributed by atoms with van der Waals surface area (Å²) in [5.41, 5.74) is 5.42. The zero-order chi connectivity index (χ0) is 20.6. The maximum atomic E-state index is 12.4. The van der Waals surface area contributed by atoms with Crippen LogP contribution in [0.15, 0.2) is 72.8 Å². The summed E-state index contributed by atoms with van der Waals surface area (Å²) >= 11 is 0. The molecule has 0 saturated heterocycles. The number of para-hydroxylation sites is 1. The second-order valence-electron chi connectivity index (χ2n) is 5.92. The number of ether oxygens (including phenoxy) is 3. The third-order valence-corrected chi connectivity index (χ3v) is 4.01. The molecule has 0 aliphatic rings. The third kappa shape index (κ3) is 5.04. The molecule has 0 aromatic heterocycles. The van der Waals surface area contributed by atoms with Gasteiger partial charge in [-0.3, -0.25) is 20.4 Å². The molecule has 3 rings (SSSR count). The fraction of sp³-hybridized carbons (Fsp3) is 0.0909. The normalized spacial score (nSPS) is 10.0. The Morgan fingerprint density at radius 1 is 0.655 bits per heavy atom. The van der Waals surface area contributed by atoms with Crippen LogP contribution in [0, 0.1) is 0 Å². The van der Waals surface area contributed by atoms with Gasteiger partial charge in [0.2, 0.25) is 0 Å². The first-order valence-electron chi connectivity index (χ1n) is 8.76. The minimum Gasteiger partial charge on any atom is -0.493 e. The van der Waals surface area contributed by atoms with Gasteiger partial charge in [0, 0.05) is 11.1 Å². The molecule has 148 valence electrons. The van der Waals surface area contributed by atoms with Crippen molar-refractivity contribution in [3.8, 4) is 23.0 Å². The Hall–Kier alpha value is -4.00. The van der Waals surface area contributed by atoms with Crippen molar-refractivity contribution in [2.24, 2.45) is 0 Å². The number of hydrogen-bond acceptors (Lipinski definition) is 5. The first kappa shape index (κ1) is 19.8. The molecule has 2 amide bonds. The van der Waals surface area contributed by atoms with E-state index in [4.69, 9.17) is 14.2 Å². The number of rotatable bonds is 6. The van der Waals surface area contributed by atoms with Crippen molar-refractivity contribution >= 4 is 11.8 Å². The summed E-state index contributed by atoms with van der Waals surface area (Å²) in [7, 11) is 2.99. The molecule has 0 atom stereocenters. The Bertz CT molecular complexity index is 1010. The van der Waals surface area contributed by atoms with Crippen molar-refractivity contribution in [2.75, 3.05) is 14.2 Å². The van der Waals surface area contributed by atoms with Crippen LogP contribution in [-0.2, 0) is 0 Å². The van der Waals surface area contributed by atoms with Crippen molar-refractivity contribution in [1.29, 1.82) is 0 Å². The summed E-state index contributed by atoms with van der Waals surface area (Å²) in [4.78, 5) is 24.7. The van der Waals surface area contributed by atoms with Gasteiger partial charge in [0.1, 0.15) is 11.5 Å². The van der Waals surface area contributed by atoms with Crippen molar-refractivity contribution in [3.63, 3.8) is 0 Å². The van der Waals surface area contributed by atoms with Gasteiger partial charge in [-0.05, 0) is 48.5 Å². The van der Waals surface area contributed by atoms with E-state index in [1.165, 1.54) is 20.3 Å². The molecule has 3 aromatic carbocycles. The van der Waals surface area contributed by atoms with E-state index < -0.39 is 11.8 Å². The van der Waals surface area contributed by atoms with E-state index in [0.717, 1.165) is 0 Å². The molecule has 0 bridgehead atoms. The quantitative estimate of drug-likeness (QED) is 0.627. The zero-order valence-corrected chi connectivity index (χ0v) is 16.0. The van der Waals surface area contributed by atoms with Crippen LogP contribution in [-0.4, -0.2) is 26.0 Å². The number of hydrazine groups is 1. The maximum Gasteiger partial charge on any atom is 0.269 e. The fourth-order valence-corrected chi connectivity index (χ4v) is 2.56.